The molecular weight excluding hydrogens is 677 g/mol. The van der Waals surface area contributed by atoms with Crippen LogP contribution in [0.1, 0.15) is 33.4 Å². The number of aliphatic hydroxyl groups is 2. The Morgan fingerprint density at radius 1 is 0.436 bits per heavy atom. The summed E-state index contributed by atoms with van der Waals surface area (Å²) in [5.74, 6) is 1.51. The fourth-order valence-corrected chi connectivity index (χ4v) is 8.80. The summed E-state index contributed by atoms with van der Waals surface area (Å²) in [4.78, 5) is 0. The number of aryl methyl sites for hydroxylation is 2. The number of aliphatic hydroxyl groups excluding tert-OH is 2. The Hall–Kier alpha value is -6.20. The van der Waals surface area contributed by atoms with Crippen LogP contribution in [0.25, 0.3) is 54.9 Å². The minimum Gasteiger partial charge on any atom is -0.491 e. The van der Waals surface area contributed by atoms with Crippen LogP contribution in [-0.4, -0.2) is 36.6 Å². The molecule has 270 valence electrons. The summed E-state index contributed by atoms with van der Waals surface area (Å²) in [6, 6.07) is 57.2. The Balaban J connectivity index is 1.37. The number of hydrogen-bond acceptors (Lipinski definition) is 4. The molecule has 8 aromatic carbocycles. The van der Waals surface area contributed by atoms with Crippen molar-refractivity contribution in [2.24, 2.45) is 0 Å². The molecule has 0 spiro atoms. The van der Waals surface area contributed by atoms with Crippen LogP contribution >= 0.6 is 0 Å². The van der Waals surface area contributed by atoms with Crippen molar-refractivity contribution in [2.75, 3.05) is 26.4 Å². The summed E-state index contributed by atoms with van der Waals surface area (Å²) in [7, 11) is 0. The Labute approximate surface area is 321 Å². The Bertz CT molecular complexity index is 2530. The normalized spacial score (nSPS) is 12.8. The first-order chi connectivity index (χ1) is 27.0. The van der Waals surface area contributed by atoms with E-state index in [4.69, 9.17) is 9.47 Å². The third-order valence-electron chi connectivity index (χ3n) is 11.3. The number of fused-ring (bicyclic) bond motifs is 5. The minimum atomic E-state index is -0.730. The molecule has 0 saturated carbocycles. The van der Waals surface area contributed by atoms with E-state index in [-0.39, 0.29) is 26.4 Å². The van der Waals surface area contributed by atoms with Crippen LogP contribution in [0.15, 0.2) is 158 Å². The van der Waals surface area contributed by atoms with Gasteiger partial charge in [0.25, 0.3) is 0 Å². The topological polar surface area (TPSA) is 58.9 Å². The second-order valence-electron chi connectivity index (χ2n) is 14.4. The molecule has 4 heteroatoms. The second kappa shape index (κ2) is 14.2. The minimum absolute atomic E-state index is 0.0518. The van der Waals surface area contributed by atoms with Gasteiger partial charge in [0.1, 0.15) is 24.7 Å². The molecule has 0 aromatic heterocycles. The van der Waals surface area contributed by atoms with E-state index in [9.17, 15) is 10.2 Å². The summed E-state index contributed by atoms with van der Waals surface area (Å²) in [6.45, 7) is 4.52. The van der Waals surface area contributed by atoms with Crippen LogP contribution in [0.2, 0.25) is 0 Å². The van der Waals surface area contributed by atoms with Gasteiger partial charge in [0, 0.05) is 0 Å². The zero-order chi connectivity index (χ0) is 37.5. The van der Waals surface area contributed by atoms with Gasteiger partial charge in [-0.2, -0.15) is 0 Å². The maximum Gasteiger partial charge on any atom is 0.122 e. The van der Waals surface area contributed by atoms with Gasteiger partial charge in [-0.05, 0) is 126 Å². The van der Waals surface area contributed by atoms with Crippen molar-refractivity contribution in [1.82, 2.24) is 0 Å². The Morgan fingerprint density at radius 3 is 1.31 bits per heavy atom. The highest BCUT2D eigenvalue weighted by Crippen LogP contribution is 2.58. The molecule has 0 bridgehead atoms. The molecule has 0 heterocycles. The van der Waals surface area contributed by atoms with Crippen molar-refractivity contribution >= 4 is 21.5 Å². The predicted octanol–water partition coefficient (Wildman–Crippen LogP) is 11.0. The van der Waals surface area contributed by atoms with Gasteiger partial charge in [0.15, 0.2) is 0 Å². The van der Waals surface area contributed by atoms with Gasteiger partial charge < -0.3 is 19.7 Å². The molecule has 1 aliphatic carbocycles. The molecule has 55 heavy (non-hydrogen) atoms. The van der Waals surface area contributed by atoms with Gasteiger partial charge in [0.2, 0.25) is 0 Å². The largest absolute Gasteiger partial charge is 0.491 e. The summed E-state index contributed by atoms with van der Waals surface area (Å²) in [5.41, 5.74) is 13.0. The monoisotopic (exact) mass is 718 g/mol. The molecule has 0 radical (unpaired) electrons. The van der Waals surface area contributed by atoms with E-state index >= 15 is 0 Å². The van der Waals surface area contributed by atoms with E-state index in [0.29, 0.717) is 0 Å². The lowest BCUT2D eigenvalue weighted by atomic mass is 9.66. The molecule has 2 N–H and O–H groups in total. The zero-order valence-corrected chi connectivity index (χ0v) is 31.1. The van der Waals surface area contributed by atoms with E-state index < -0.39 is 5.41 Å². The lowest BCUT2D eigenvalue weighted by Crippen LogP contribution is -2.29. The fraction of sp³-hybridized carbons (Fsp3) is 0.137. The average Bonchev–Trinajstić information content (AvgIpc) is 3.52. The van der Waals surface area contributed by atoms with E-state index in [1.54, 1.807) is 0 Å². The van der Waals surface area contributed by atoms with E-state index in [2.05, 4.69) is 172 Å². The molecule has 8 aromatic rings. The molecule has 0 amide bonds. The van der Waals surface area contributed by atoms with Gasteiger partial charge in [-0.3, -0.25) is 0 Å². The van der Waals surface area contributed by atoms with Crippen LogP contribution in [0.4, 0.5) is 0 Å². The van der Waals surface area contributed by atoms with Crippen molar-refractivity contribution < 1.29 is 19.7 Å². The highest BCUT2D eigenvalue weighted by molar-refractivity contribution is 6.00. The van der Waals surface area contributed by atoms with Crippen LogP contribution < -0.4 is 9.47 Å². The lowest BCUT2D eigenvalue weighted by molar-refractivity contribution is 0.200. The van der Waals surface area contributed by atoms with Crippen molar-refractivity contribution in [3.63, 3.8) is 0 Å². The molecule has 0 saturated heterocycles. The Kier molecular flexibility index (Phi) is 8.94. The molecule has 1 aliphatic rings. The molecule has 0 aliphatic heterocycles. The smallest absolute Gasteiger partial charge is 0.122 e. The number of hydrogen-bond donors (Lipinski definition) is 2. The maximum absolute atomic E-state index is 9.58. The van der Waals surface area contributed by atoms with Gasteiger partial charge in [-0.1, -0.05) is 133 Å². The van der Waals surface area contributed by atoms with E-state index in [1.165, 1.54) is 54.9 Å². The number of rotatable bonds is 10. The van der Waals surface area contributed by atoms with Crippen molar-refractivity contribution in [1.29, 1.82) is 0 Å². The molecule has 0 atom stereocenters. The fourth-order valence-electron chi connectivity index (χ4n) is 8.80. The number of ether oxygens (including phenoxy) is 2. The molecular formula is C51H42O4. The van der Waals surface area contributed by atoms with E-state index in [1.807, 2.05) is 0 Å². The number of benzene rings is 8. The standard InChI is InChI=1S/C51H42O4/c1-33-29-39(19-23-49(33)54-27-25-52)51(40-20-24-50(34(2)30-40)55-28-26-53)47-31-37(43-15-7-11-35-9-3-5-13-41(35)43)17-21-45(47)46-22-18-38(32-48(46)51)44-16-8-12-36-10-4-6-14-42(36)44/h3-24,29-32,52-53H,25-28H2,1-2H3. The van der Waals surface area contributed by atoms with Gasteiger partial charge in [-0.25, -0.2) is 0 Å². The first-order valence-electron chi connectivity index (χ1n) is 19.0. The SMILES string of the molecule is Cc1cc(C2(c3ccc(OCCO)c(C)c3)c3cc(-c4cccc5ccccc45)ccc3-c3ccc(-c4cccc5ccccc45)cc32)ccc1OCCO. The van der Waals surface area contributed by atoms with Crippen LogP contribution in [-0.2, 0) is 5.41 Å². The first-order valence-corrected chi connectivity index (χ1v) is 19.0. The molecule has 9 rings (SSSR count). The molecule has 4 nitrogen and oxygen atoms in total. The van der Waals surface area contributed by atoms with Crippen LogP contribution in [0, 0.1) is 13.8 Å². The van der Waals surface area contributed by atoms with Gasteiger partial charge >= 0.3 is 0 Å². The Morgan fingerprint density at radius 2 is 0.873 bits per heavy atom. The third-order valence-corrected chi connectivity index (χ3v) is 11.3. The quantitative estimate of drug-likeness (QED) is 0.148. The van der Waals surface area contributed by atoms with Crippen molar-refractivity contribution in [3.8, 4) is 44.9 Å². The summed E-state index contributed by atoms with van der Waals surface area (Å²) in [5, 5.41) is 24.0. The van der Waals surface area contributed by atoms with Gasteiger partial charge in [0.05, 0.1) is 18.6 Å². The van der Waals surface area contributed by atoms with Crippen molar-refractivity contribution in [3.05, 3.63) is 191 Å². The van der Waals surface area contributed by atoms with Crippen molar-refractivity contribution in [2.45, 2.75) is 19.3 Å². The highest BCUT2D eigenvalue weighted by atomic mass is 16.5. The third kappa shape index (κ3) is 5.77. The summed E-state index contributed by atoms with van der Waals surface area (Å²) >= 11 is 0. The first kappa shape index (κ1) is 34.6. The van der Waals surface area contributed by atoms with Crippen LogP contribution in [0.3, 0.4) is 0 Å². The lowest BCUT2D eigenvalue weighted by Gasteiger charge is -2.35. The van der Waals surface area contributed by atoms with Crippen LogP contribution in [0.5, 0.6) is 11.5 Å². The average molecular weight is 719 g/mol. The molecule has 0 unspecified atom stereocenters. The van der Waals surface area contributed by atoms with Gasteiger partial charge in [-0.15, -0.1) is 0 Å². The summed E-state index contributed by atoms with van der Waals surface area (Å²) in [6.07, 6.45) is 0. The van der Waals surface area contributed by atoms with E-state index in [0.717, 1.165) is 44.9 Å². The highest BCUT2D eigenvalue weighted by Gasteiger charge is 2.47. The maximum atomic E-state index is 9.58. The second-order valence-corrected chi connectivity index (χ2v) is 14.4. The molecule has 0 fully saturated rings. The zero-order valence-electron chi connectivity index (χ0n) is 31.1. The predicted molar refractivity (Wildman–Crippen MR) is 224 cm³/mol. The summed E-state index contributed by atoms with van der Waals surface area (Å²) < 4.78 is 12.0.